The minimum atomic E-state index is -0.181. The molecule has 0 radical (unpaired) electrons. The van der Waals surface area contributed by atoms with E-state index >= 15 is 0 Å². The second kappa shape index (κ2) is 10.1. The Bertz CT molecular complexity index is 658. The number of aliphatic hydroxyl groups excluding tert-OH is 1. The van der Waals surface area contributed by atoms with Crippen molar-refractivity contribution in [3.05, 3.63) is 65.8 Å². The molecule has 0 spiro atoms. The Labute approximate surface area is 165 Å². The van der Waals surface area contributed by atoms with E-state index in [0.29, 0.717) is 17.8 Å². The number of rotatable bonds is 9. The highest BCUT2D eigenvalue weighted by molar-refractivity contribution is 5.50. The molecule has 2 heteroatoms. The largest absolute Gasteiger partial charge is 0.392 e. The van der Waals surface area contributed by atoms with Crippen molar-refractivity contribution in [2.24, 2.45) is 17.8 Å². The van der Waals surface area contributed by atoms with Gasteiger partial charge >= 0.3 is 0 Å². The Kier molecular flexibility index (Phi) is 7.49. The van der Waals surface area contributed by atoms with E-state index in [1.54, 1.807) is 5.57 Å². The van der Waals surface area contributed by atoms with Crippen molar-refractivity contribution in [1.29, 1.82) is 0 Å². The summed E-state index contributed by atoms with van der Waals surface area (Å²) in [7, 11) is 4.30. The number of hydrogen-bond acceptors (Lipinski definition) is 2. The number of allylic oxidation sites excluding steroid dienone is 4. The number of hydrogen-bond donors (Lipinski definition) is 1. The van der Waals surface area contributed by atoms with Crippen molar-refractivity contribution in [2.45, 2.75) is 44.6 Å². The monoisotopic (exact) mass is 365 g/mol. The molecule has 0 amide bonds. The number of aliphatic hydroxyl groups is 1. The highest BCUT2D eigenvalue weighted by Gasteiger charge is 2.42. The van der Waals surface area contributed by atoms with Crippen LogP contribution in [0, 0.1) is 17.8 Å². The molecule has 0 unspecified atom stereocenters. The molecular weight excluding hydrogens is 330 g/mol. The maximum absolute atomic E-state index is 10.5. The van der Waals surface area contributed by atoms with Crippen LogP contribution >= 0.6 is 0 Å². The highest BCUT2D eigenvalue weighted by atomic mass is 16.3. The van der Waals surface area contributed by atoms with Crippen LogP contribution in [0.5, 0.6) is 0 Å². The van der Waals surface area contributed by atoms with Crippen LogP contribution in [0.15, 0.2) is 60.2 Å². The van der Waals surface area contributed by atoms with Crippen LogP contribution in [0.3, 0.4) is 0 Å². The van der Waals surface area contributed by atoms with Crippen LogP contribution in [0.2, 0.25) is 0 Å². The van der Waals surface area contributed by atoms with Crippen LogP contribution in [0.1, 0.15) is 44.1 Å². The summed E-state index contributed by atoms with van der Waals surface area (Å²) in [5.41, 5.74) is 2.85. The lowest BCUT2D eigenvalue weighted by atomic mass is 9.89. The van der Waals surface area contributed by atoms with Crippen LogP contribution < -0.4 is 0 Å². The predicted octanol–water partition coefficient (Wildman–Crippen LogP) is 5.32. The van der Waals surface area contributed by atoms with Crippen LogP contribution in [-0.2, 0) is 0 Å². The van der Waals surface area contributed by atoms with Gasteiger partial charge in [0.2, 0.25) is 0 Å². The van der Waals surface area contributed by atoms with Gasteiger partial charge in [0.1, 0.15) is 0 Å². The SMILES string of the molecule is CN(C)CCCCCC1=C[C@H]2C[C@@H](O)[C@H](C=CC=Cc3ccccc3)[C@H]2C1. The summed E-state index contributed by atoms with van der Waals surface area (Å²) < 4.78 is 0. The molecule has 1 fully saturated rings. The Morgan fingerprint density at radius 2 is 1.89 bits per heavy atom. The maximum Gasteiger partial charge on any atom is 0.0611 e. The normalized spacial score (nSPS) is 27.8. The molecule has 0 aromatic heterocycles. The number of fused-ring (bicyclic) bond motifs is 1. The summed E-state index contributed by atoms with van der Waals surface area (Å²) in [4.78, 5) is 2.27. The average molecular weight is 366 g/mol. The van der Waals surface area contributed by atoms with E-state index in [9.17, 15) is 5.11 Å². The lowest BCUT2D eigenvalue weighted by Gasteiger charge is -2.18. The van der Waals surface area contributed by atoms with Crippen LogP contribution in [-0.4, -0.2) is 36.8 Å². The van der Waals surface area contributed by atoms with Crippen molar-refractivity contribution < 1.29 is 5.11 Å². The fraction of sp³-hybridized carbons (Fsp3) is 0.520. The van der Waals surface area contributed by atoms with Crippen molar-refractivity contribution in [2.75, 3.05) is 20.6 Å². The Balaban J connectivity index is 1.46. The number of nitrogens with zero attached hydrogens (tertiary/aromatic N) is 1. The van der Waals surface area contributed by atoms with Crippen LogP contribution in [0.25, 0.3) is 6.08 Å². The van der Waals surface area contributed by atoms with E-state index in [2.05, 4.69) is 73.6 Å². The summed E-state index contributed by atoms with van der Waals surface area (Å²) in [5.74, 6) is 1.50. The standard InChI is InChI=1S/C25H35NO/c1-26(2)16-10-4-7-14-21-17-22-19-25(27)23(24(22)18-21)15-9-8-13-20-11-5-3-6-12-20/h3,5-6,8-9,11-13,15,17,22-25,27H,4,7,10,14,16,18-19H2,1-2H3/t22-,23+,24-,25+/m0/s1. The number of unbranched alkanes of at least 4 members (excludes halogenated alkanes) is 2. The van der Waals surface area contributed by atoms with Gasteiger partial charge in [0.25, 0.3) is 0 Å². The van der Waals surface area contributed by atoms with Crippen molar-refractivity contribution in [3.8, 4) is 0 Å². The second-order valence-electron chi connectivity index (χ2n) is 8.51. The minimum Gasteiger partial charge on any atom is -0.392 e. The smallest absolute Gasteiger partial charge is 0.0611 e. The molecule has 1 aromatic carbocycles. The Morgan fingerprint density at radius 1 is 1.07 bits per heavy atom. The van der Waals surface area contributed by atoms with E-state index in [1.165, 1.54) is 44.2 Å². The van der Waals surface area contributed by atoms with Crippen molar-refractivity contribution >= 4 is 6.08 Å². The third kappa shape index (κ3) is 5.92. The molecule has 2 aliphatic rings. The Hall–Kier alpha value is -1.64. The zero-order valence-corrected chi connectivity index (χ0v) is 16.9. The topological polar surface area (TPSA) is 23.5 Å². The third-order valence-electron chi connectivity index (χ3n) is 6.09. The summed E-state index contributed by atoms with van der Waals surface area (Å²) >= 11 is 0. The summed E-state index contributed by atoms with van der Waals surface area (Å²) in [5, 5.41) is 10.5. The molecule has 4 atom stereocenters. The van der Waals surface area contributed by atoms with Gasteiger partial charge in [-0.05, 0) is 70.1 Å². The molecule has 0 bridgehead atoms. The first-order valence-corrected chi connectivity index (χ1v) is 10.6. The first-order chi connectivity index (χ1) is 13.1. The van der Waals surface area contributed by atoms with Gasteiger partial charge < -0.3 is 10.0 Å². The van der Waals surface area contributed by atoms with Gasteiger partial charge in [0, 0.05) is 5.92 Å². The van der Waals surface area contributed by atoms with E-state index in [4.69, 9.17) is 0 Å². The van der Waals surface area contributed by atoms with E-state index < -0.39 is 0 Å². The molecule has 1 N–H and O–H groups in total. The first-order valence-electron chi connectivity index (χ1n) is 10.6. The molecule has 146 valence electrons. The lowest BCUT2D eigenvalue weighted by Crippen LogP contribution is -2.16. The quantitative estimate of drug-likeness (QED) is 0.364. The molecule has 27 heavy (non-hydrogen) atoms. The molecule has 0 aliphatic heterocycles. The molecular formula is C25H35NO. The average Bonchev–Trinajstić information content (AvgIpc) is 3.16. The summed E-state index contributed by atoms with van der Waals surface area (Å²) in [6.45, 7) is 1.19. The summed E-state index contributed by atoms with van der Waals surface area (Å²) in [6.07, 6.45) is 18.2. The molecule has 2 nitrogen and oxygen atoms in total. The van der Waals surface area contributed by atoms with Crippen molar-refractivity contribution in [1.82, 2.24) is 4.90 Å². The second-order valence-corrected chi connectivity index (χ2v) is 8.51. The first kappa shape index (κ1) is 20.1. The zero-order valence-electron chi connectivity index (χ0n) is 16.9. The molecule has 2 aliphatic carbocycles. The van der Waals surface area contributed by atoms with E-state index in [0.717, 1.165) is 6.42 Å². The predicted molar refractivity (Wildman–Crippen MR) is 115 cm³/mol. The van der Waals surface area contributed by atoms with Gasteiger partial charge in [-0.15, -0.1) is 0 Å². The molecule has 1 saturated carbocycles. The molecule has 1 aromatic rings. The third-order valence-corrected chi connectivity index (χ3v) is 6.09. The highest BCUT2D eigenvalue weighted by Crippen LogP contribution is 2.48. The zero-order chi connectivity index (χ0) is 19.1. The molecule has 3 rings (SSSR count). The van der Waals surface area contributed by atoms with Crippen LogP contribution in [0.4, 0.5) is 0 Å². The molecule has 0 saturated heterocycles. The van der Waals surface area contributed by atoms with Gasteiger partial charge in [0.15, 0.2) is 0 Å². The fourth-order valence-corrected chi connectivity index (χ4v) is 4.67. The number of benzene rings is 1. The van der Waals surface area contributed by atoms with Crippen molar-refractivity contribution in [3.63, 3.8) is 0 Å². The van der Waals surface area contributed by atoms with Gasteiger partial charge in [0.05, 0.1) is 6.10 Å². The minimum absolute atomic E-state index is 0.181. The van der Waals surface area contributed by atoms with Gasteiger partial charge in [-0.3, -0.25) is 0 Å². The van der Waals surface area contributed by atoms with Gasteiger partial charge in [-0.2, -0.15) is 0 Å². The van der Waals surface area contributed by atoms with E-state index in [-0.39, 0.29) is 6.10 Å². The van der Waals surface area contributed by atoms with Gasteiger partial charge in [-0.25, -0.2) is 0 Å². The maximum atomic E-state index is 10.5. The molecule has 0 heterocycles. The fourth-order valence-electron chi connectivity index (χ4n) is 4.67. The summed E-state index contributed by atoms with van der Waals surface area (Å²) in [6, 6.07) is 10.4. The Morgan fingerprint density at radius 3 is 2.67 bits per heavy atom. The lowest BCUT2D eigenvalue weighted by molar-refractivity contribution is 0.141. The van der Waals surface area contributed by atoms with Gasteiger partial charge in [-0.1, -0.05) is 72.7 Å². The van der Waals surface area contributed by atoms with E-state index in [1.807, 2.05) is 6.07 Å².